The number of likely N-dealkylation sites (tertiary alicyclic amines) is 1. The van der Waals surface area contributed by atoms with Gasteiger partial charge in [-0.25, -0.2) is 9.59 Å². The Bertz CT molecular complexity index is 503. The summed E-state index contributed by atoms with van der Waals surface area (Å²) in [4.78, 5) is 24.1. The highest BCUT2D eigenvalue weighted by Gasteiger charge is 2.38. The number of nitrogens with one attached hydrogen (secondary N) is 1. The van der Waals surface area contributed by atoms with E-state index in [2.05, 4.69) is 15.5 Å². The number of carboxylic acids is 1. The maximum Gasteiger partial charge on any atom is 0.326 e. The molecule has 2 rings (SSSR count). The maximum absolute atomic E-state index is 12.0. The van der Waals surface area contributed by atoms with Gasteiger partial charge in [0, 0.05) is 19.5 Å². The van der Waals surface area contributed by atoms with Gasteiger partial charge in [-0.3, -0.25) is 0 Å². The first-order valence-corrected chi connectivity index (χ1v) is 6.35. The van der Waals surface area contributed by atoms with Gasteiger partial charge in [-0.2, -0.15) is 0 Å². The molecule has 0 radical (unpaired) electrons. The smallest absolute Gasteiger partial charge is 0.326 e. The van der Waals surface area contributed by atoms with E-state index in [9.17, 15) is 14.7 Å². The summed E-state index contributed by atoms with van der Waals surface area (Å²) < 4.78 is 1.77. The number of carboxylic acid groups (broad SMARTS) is 1. The molecule has 0 saturated carbocycles. The summed E-state index contributed by atoms with van der Waals surface area (Å²) in [5.74, 6) is -0.527. The number of rotatable bonds is 4. The molecule has 0 aromatic carbocycles. The number of aliphatic hydroxyl groups excluding tert-OH is 1. The van der Waals surface area contributed by atoms with Crippen LogP contribution in [-0.2, 0) is 17.9 Å². The fraction of sp³-hybridized carbons (Fsp3) is 0.636. The molecule has 0 spiro atoms. The second-order valence-corrected chi connectivity index (χ2v) is 4.59. The van der Waals surface area contributed by atoms with E-state index >= 15 is 0 Å². The van der Waals surface area contributed by atoms with Crippen LogP contribution in [0.4, 0.5) is 4.79 Å². The van der Waals surface area contributed by atoms with E-state index in [4.69, 9.17) is 5.11 Å². The number of aryl methyl sites for hydroxylation is 1. The van der Waals surface area contributed by atoms with Crippen LogP contribution < -0.4 is 5.32 Å². The second kappa shape index (κ2) is 5.87. The summed E-state index contributed by atoms with van der Waals surface area (Å²) in [6, 6.07) is -1.52. The third-order valence-corrected chi connectivity index (χ3v) is 3.26. The van der Waals surface area contributed by atoms with E-state index in [-0.39, 0.29) is 19.5 Å². The summed E-state index contributed by atoms with van der Waals surface area (Å²) in [5, 5.41) is 28.7. The molecule has 0 aliphatic carbocycles. The lowest BCUT2D eigenvalue weighted by Gasteiger charge is -2.21. The quantitative estimate of drug-likeness (QED) is 0.653. The average molecular weight is 283 g/mol. The zero-order valence-corrected chi connectivity index (χ0v) is 11.1. The zero-order chi connectivity index (χ0) is 14.7. The number of aromatic nitrogens is 3. The highest BCUT2D eigenvalue weighted by molar-refractivity contribution is 5.83. The van der Waals surface area contributed by atoms with Gasteiger partial charge in [-0.1, -0.05) is 0 Å². The molecule has 0 bridgehead atoms. The first-order valence-electron chi connectivity index (χ1n) is 6.35. The molecule has 1 aliphatic heterocycles. The Hall–Kier alpha value is -2.16. The van der Waals surface area contributed by atoms with Crippen molar-refractivity contribution in [2.24, 2.45) is 0 Å². The van der Waals surface area contributed by atoms with Crippen molar-refractivity contribution in [2.45, 2.75) is 38.6 Å². The summed E-state index contributed by atoms with van der Waals surface area (Å²) >= 11 is 0. The Balaban J connectivity index is 1.96. The summed E-state index contributed by atoms with van der Waals surface area (Å²) in [7, 11) is 0. The van der Waals surface area contributed by atoms with Gasteiger partial charge >= 0.3 is 12.0 Å². The first-order chi connectivity index (χ1) is 9.52. The number of carbonyl (C=O) groups is 2. The standard InChI is InChI=1S/C11H17N5O4/c1-2-15-6-13-14-9(15)4-12-11(20)16-5-7(17)3-8(16)10(18)19/h6-8,17H,2-5H2,1H3,(H,12,20)(H,18,19)/t7-,8-/m1/s1. The van der Waals surface area contributed by atoms with Crippen molar-refractivity contribution >= 4 is 12.0 Å². The molecule has 3 N–H and O–H groups in total. The van der Waals surface area contributed by atoms with Crippen molar-refractivity contribution in [1.29, 1.82) is 0 Å². The Morgan fingerprint density at radius 2 is 2.30 bits per heavy atom. The lowest BCUT2D eigenvalue weighted by molar-refractivity contribution is -0.141. The first kappa shape index (κ1) is 14.3. The highest BCUT2D eigenvalue weighted by Crippen LogP contribution is 2.18. The van der Waals surface area contributed by atoms with Crippen LogP contribution in [0.25, 0.3) is 0 Å². The van der Waals surface area contributed by atoms with Gasteiger partial charge in [0.1, 0.15) is 12.4 Å². The van der Waals surface area contributed by atoms with Crippen LogP contribution in [0, 0.1) is 0 Å². The lowest BCUT2D eigenvalue weighted by atomic mass is 10.2. The van der Waals surface area contributed by atoms with Gasteiger partial charge in [0.25, 0.3) is 0 Å². The highest BCUT2D eigenvalue weighted by atomic mass is 16.4. The summed E-state index contributed by atoms with van der Waals surface area (Å²) in [5.41, 5.74) is 0. The fourth-order valence-corrected chi connectivity index (χ4v) is 2.21. The zero-order valence-electron chi connectivity index (χ0n) is 11.1. The minimum absolute atomic E-state index is 0.0171. The van der Waals surface area contributed by atoms with Gasteiger partial charge in [-0.15, -0.1) is 10.2 Å². The van der Waals surface area contributed by atoms with E-state index in [0.29, 0.717) is 12.4 Å². The van der Waals surface area contributed by atoms with Crippen LogP contribution in [0.1, 0.15) is 19.2 Å². The number of hydrogen-bond acceptors (Lipinski definition) is 5. The predicted octanol–water partition coefficient (Wildman–Crippen LogP) is -0.973. The monoisotopic (exact) mass is 283 g/mol. The lowest BCUT2D eigenvalue weighted by Crippen LogP contribution is -2.46. The van der Waals surface area contributed by atoms with Gasteiger partial charge in [0.2, 0.25) is 0 Å². The van der Waals surface area contributed by atoms with Gasteiger partial charge in [-0.05, 0) is 6.92 Å². The van der Waals surface area contributed by atoms with Gasteiger partial charge < -0.3 is 25.0 Å². The Morgan fingerprint density at radius 1 is 1.55 bits per heavy atom. The average Bonchev–Trinajstić information content (AvgIpc) is 3.01. The minimum Gasteiger partial charge on any atom is -0.480 e. The number of β-amino-alcohol motifs (C(OH)–C–C–N with tert-alkyl or cyclic N) is 1. The van der Waals surface area contributed by atoms with Crippen LogP contribution in [0.3, 0.4) is 0 Å². The van der Waals surface area contributed by atoms with Crippen molar-refractivity contribution < 1.29 is 19.8 Å². The maximum atomic E-state index is 12.0. The van der Waals surface area contributed by atoms with E-state index in [1.165, 1.54) is 0 Å². The topological polar surface area (TPSA) is 121 Å². The number of nitrogens with zero attached hydrogens (tertiary/aromatic N) is 4. The van der Waals surface area contributed by atoms with Crippen LogP contribution in [0.2, 0.25) is 0 Å². The molecule has 20 heavy (non-hydrogen) atoms. The molecule has 1 fully saturated rings. The number of hydrogen-bond donors (Lipinski definition) is 3. The molecule has 1 aromatic rings. The minimum atomic E-state index is -1.12. The number of carbonyl (C=O) groups excluding carboxylic acids is 1. The molecule has 1 saturated heterocycles. The molecule has 2 heterocycles. The van der Waals surface area contributed by atoms with Crippen molar-refractivity contribution in [1.82, 2.24) is 25.0 Å². The van der Waals surface area contributed by atoms with Crippen molar-refractivity contribution in [2.75, 3.05) is 6.54 Å². The van der Waals surface area contributed by atoms with Crippen LogP contribution in [0.15, 0.2) is 6.33 Å². The van der Waals surface area contributed by atoms with Crippen molar-refractivity contribution in [3.63, 3.8) is 0 Å². The van der Waals surface area contributed by atoms with E-state index in [0.717, 1.165) is 4.90 Å². The molecule has 110 valence electrons. The molecule has 9 nitrogen and oxygen atoms in total. The second-order valence-electron chi connectivity index (χ2n) is 4.59. The molecule has 1 aromatic heterocycles. The molecule has 1 aliphatic rings. The molecule has 0 unspecified atom stereocenters. The van der Waals surface area contributed by atoms with Gasteiger partial charge in [0.15, 0.2) is 5.82 Å². The fourth-order valence-electron chi connectivity index (χ4n) is 2.21. The molecular formula is C11H17N5O4. The Morgan fingerprint density at radius 3 is 2.95 bits per heavy atom. The summed E-state index contributed by atoms with van der Waals surface area (Å²) in [6.07, 6.45) is 0.802. The number of aliphatic hydroxyl groups is 1. The normalized spacial score (nSPS) is 22.0. The van der Waals surface area contributed by atoms with E-state index in [1.807, 2.05) is 6.92 Å². The Labute approximate surface area is 115 Å². The number of amides is 2. The van der Waals surface area contributed by atoms with Crippen LogP contribution in [-0.4, -0.2) is 60.6 Å². The van der Waals surface area contributed by atoms with Crippen LogP contribution >= 0.6 is 0 Å². The van der Waals surface area contributed by atoms with Crippen molar-refractivity contribution in [3.05, 3.63) is 12.2 Å². The number of aliphatic carboxylic acids is 1. The summed E-state index contributed by atoms with van der Waals surface area (Å²) in [6.45, 7) is 2.78. The third kappa shape index (κ3) is 2.87. The van der Waals surface area contributed by atoms with Crippen LogP contribution in [0.5, 0.6) is 0 Å². The Kier molecular flexibility index (Phi) is 4.18. The van der Waals surface area contributed by atoms with Gasteiger partial charge in [0.05, 0.1) is 12.6 Å². The van der Waals surface area contributed by atoms with E-state index < -0.39 is 24.1 Å². The van der Waals surface area contributed by atoms with Crippen molar-refractivity contribution in [3.8, 4) is 0 Å². The number of urea groups is 1. The molecule has 2 atom stereocenters. The molecule has 2 amide bonds. The molecule has 9 heteroatoms. The third-order valence-electron chi connectivity index (χ3n) is 3.26. The van der Waals surface area contributed by atoms with E-state index in [1.54, 1.807) is 10.9 Å². The SMILES string of the molecule is CCn1cnnc1CNC(=O)N1C[C@H](O)C[C@@H]1C(=O)O. The molecular weight excluding hydrogens is 266 g/mol. The predicted molar refractivity (Wildman–Crippen MR) is 66.7 cm³/mol. The largest absolute Gasteiger partial charge is 0.480 e.